The van der Waals surface area contributed by atoms with Gasteiger partial charge in [0.1, 0.15) is 18.1 Å². The molecule has 4 rings (SSSR count). The van der Waals surface area contributed by atoms with Crippen molar-refractivity contribution in [3.63, 3.8) is 0 Å². The van der Waals surface area contributed by atoms with Crippen LogP contribution < -0.4 is 23.7 Å². The minimum atomic E-state index is -0.429. The number of benzene rings is 2. The number of nitrogens with zero attached hydrogens (tertiary/aromatic N) is 3. The summed E-state index contributed by atoms with van der Waals surface area (Å²) in [6, 6.07) is 10.2. The van der Waals surface area contributed by atoms with Gasteiger partial charge >= 0.3 is 6.01 Å². The lowest BCUT2D eigenvalue weighted by Gasteiger charge is -2.09. The molecular formula is C22H23N3O7. The first-order chi connectivity index (χ1) is 15.6. The van der Waals surface area contributed by atoms with Crippen LogP contribution in [0.5, 0.6) is 29.0 Å². The van der Waals surface area contributed by atoms with E-state index >= 15 is 0 Å². The van der Waals surface area contributed by atoms with Crippen LogP contribution in [0.2, 0.25) is 0 Å². The monoisotopic (exact) mass is 441 g/mol. The molecule has 0 unspecified atom stereocenters. The van der Waals surface area contributed by atoms with Gasteiger partial charge in [0.15, 0.2) is 17.3 Å². The van der Waals surface area contributed by atoms with Crippen LogP contribution in [0.3, 0.4) is 0 Å². The van der Waals surface area contributed by atoms with Gasteiger partial charge in [-0.25, -0.2) is 0 Å². The number of carbonyl (C=O) groups excluding carboxylic acids is 1. The Morgan fingerprint density at radius 2 is 1.78 bits per heavy atom. The number of carbonyl (C=O) groups is 1. The molecule has 1 aliphatic rings. The minimum Gasteiger partial charge on any atom is -0.497 e. The molecule has 0 bridgehead atoms. The Morgan fingerprint density at radius 3 is 2.50 bits per heavy atom. The van der Waals surface area contributed by atoms with Crippen LogP contribution in [0.25, 0.3) is 11.4 Å². The summed E-state index contributed by atoms with van der Waals surface area (Å²) in [7, 11) is 3.03. The van der Waals surface area contributed by atoms with Gasteiger partial charge in [-0.3, -0.25) is 4.79 Å². The Bertz CT molecular complexity index is 1090. The number of ether oxygens (including phenoxy) is 6. The topological polar surface area (TPSA) is 103 Å². The Hall–Kier alpha value is -3.79. The second-order valence-electron chi connectivity index (χ2n) is 6.65. The average Bonchev–Trinajstić information content (AvgIpc) is 3.47. The predicted molar refractivity (Wildman–Crippen MR) is 113 cm³/mol. The molecule has 2 aromatic carbocycles. The molecular weight excluding hydrogens is 418 g/mol. The Morgan fingerprint density at radius 1 is 1.03 bits per heavy atom. The first-order valence-corrected chi connectivity index (χ1v) is 9.98. The number of hydrogen-bond donors (Lipinski definition) is 0. The van der Waals surface area contributed by atoms with Gasteiger partial charge in [-0.2, -0.15) is 9.67 Å². The molecule has 0 fully saturated rings. The largest absolute Gasteiger partial charge is 0.497 e. The Balaban J connectivity index is 1.72. The van der Waals surface area contributed by atoms with E-state index in [-0.39, 0.29) is 19.4 Å². The summed E-state index contributed by atoms with van der Waals surface area (Å²) in [4.78, 5) is 17.8. The highest BCUT2D eigenvalue weighted by atomic mass is 16.7. The van der Waals surface area contributed by atoms with E-state index in [4.69, 9.17) is 28.4 Å². The van der Waals surface area contributed by atoms with Gasteiger partial charge in [0.25, 0.3) is 5.91 Å². The van der Waals surface area contributed by atoms with Crippen molar-refractivity contribution in [2.75, 3.05) is 40.8 Å². The van der Waals surface area contributed by atoms with Crippen LogP contribution >= 0.6 is 0 Å². The van der Waals surface area contributed by atoms with E-state index in [0.29, 0.717) is 53.2 Å². The molecule has 0 amide bonds. The molecule has 10 nitrogen and oxygen atoms in total. The summed E-state index contributed by atoms with van der Waals surface area (Å²) in [6.07, 6.45) is 0. The van der Waals surface area contributed by atoms with Gasteiger partial charge in [-0.15, -0.1) is 5.10 Å². The fourth-order valence-corrected chi connectivity index (χ4v) is 3.11. The molecule has 0 atom stereocenters. The van der Waals surface area contributed by atoms with Crippen LogP contribution in [-0.4, -0.2) is 61.5 Å². The fourth-order valence-electron chi connectivity index (χ4n) is 3.11. The molecule has 3 aromatic rings. The van der Waals surface area contributed by atoms with Gasteiger partial charge in [0.2, 0.25) is 6.79 Å². The van der Waals surface area contributed by atoms with Crippen molar-refractivity contribution in [2.45, 2.75) is 6.92 Å². The van der Waals surface area contributed by atoms with Crippen molar-refractivity contribution in [1.29, 1.82) is 0 Å². The van der Waals surface area contributed by atoms with Crippen LogP contribution in [0.1, 0.15) is 17.3 Å². The third-order valence-corrected chi connectivity index (χ3v) is 4.67. The summed E-state index contributed by atoms with van der Waals surface area (Å²) in [6.45, 7) is 3.24. The molecule has 10 heteroatoms. The first-order valence-electron chi connectivity index (χ1n) is 9.98. The molecule has 0 saturated carbocycles. The van der Waals surface area contributed by atoms with Gasteiger partial charge < -0.3 is 28.4 Å². The lowest BCUT2D eigenvalue weighted by atomic mass is 10.1. The van der Waals surface area contributed by atoms with Crippen LogP contribution in [0.4, 0.5) is 0 Å². The van der Waals surface area contributed by atoms with E-state index in [9.17, 15) is 4.79 Å². The summed E-state index contributed by atoms with van der Waals surface area (Å²) in [5.74, 6) is 2.00. The van der Waals surface area contributed by atoms with Crippen molar-refractivity contribution in [1.82, 2.24) is 14.8 Å². The Kier molecular flexibility index (Phi) is 6.41. The molecule has 0 saturated heterocycles. The van der Waals surface area contributed by atoms with Crippen molar-refractivity contribution >= 4 is 5.91 Å². The number of methoxy groups -OCH3 is 2. The quantitative estimate of drug-likeness (QED) is 0.464. The predicted octanol–water partition coefficient (Wildman–Crippen LogP) is 2.79. The van der Waals surface area contributed by atoms with Crippen molar-refractivity contribution in [2.24, 2.45) is 0 Å². The van der Waals surface area contributed by atoms with Crippen molar-refractivity contribution in [3.8, 4) is 40.4 Å². The standard InChI is InChI=1S/C22H23N3O7/c1-4-29-7-8-30-22-23-20(14-5-6-18-19(11-14)32-13-31-18)25(24-22)21(26)15-9-16(27-2)12-17(10-15)28-3/h5-6,9-12H,4,7-8,13H2,1-3H3. The van der Waals surface area contributed by atoms with E-state index in [1.54, 1.807) is 36.4 Å². The van der Waals surface area contributed by atoms with Crippen LogP contribution in [-0.2, 0) is 4.74 Å². The van der Waals surface area contributed by atoms with E-state index in [2.05, 4.69) is 10.1 Å². The van der Waals surface area contributed by atoms with E-state index in [0.717, 1.165) is 0 Å². The van der Waals surface area contributed by atoms with E-state index in [1.807, 2.05) is 6.92 Å². The molecule has 168 valence electrons. The lowest BCUT2D eigenvalue weighted by molar-refractivity contribution is 0.0937. The maximum absolute atomic E-state index is 13.4. The third kappa shape index (κ3) is 4.45. The zero-order valence-corrected chi connectivity index (χ0v) is 18.0. The van der Waals surface area contributed by atoms with Gasteiger partial charge in [-0.05, 0) is 37.3 Å². The maximum atomic E-state index is 13.4. The summed E-state index contributed by atoms with van der Waals surface area (Å²) < 4.78 is 33.5. The number of fused-ring (bicyclic) bond motifs is 1. The summed E-state index contributed by atoms with van der Waals surface area (Å²) >= 11 is 0. The molecule has 0 N–H and O–H groups in total. The zero-order valence-electron chi connectivity index (χ0n) is 18.0. The second-order valence-corrected chi connectivity index (χ2v) is 6.65. The van der Waals surface area contributed by atoms with Gasteiger partial charge in [0.05, 0.1) is 20.8 Å². The van der Waals surface area contributed by atoms with Crippen molar-refractivity contribution in [3.05, 3.63) is 42.0 Å². The Labute approximate surface area is 184 Å². The lowest BCUT2D eigenvalue weighted by Crippen LogP contribution is -2.16. The average molecular weight is 441 g/mol. The van der Waals surface area contributed by atoms with Crippen LogP contribution in [0.15, 0.2) is 36.4 Å². The molecule has 32 heavy (non-hydrogen) atoms. The maximum Gasteiger partial charge on any atom is 0.336 e. The SMILES string of the molecule is CCOCCOc1nc(-c2ccc3c(c2)OCO3)n(C(=O)c2cc(OC)cc(OC)c2)n1. The van der Waals surface area contributed by atoms with E-state index in [1.165, 1.54) is 18.9 Å². The minimum absolute atomic E-state index is 0.0561. The number of rotatable bonds is 9. The van der Waals surface area contributed by atoms with Gasteiger partial charge in [0, 0.05) is 23.8 Å². The molecule has 0 spiro atoms. The summed E-state index contributed by atoms with van der Waals surface area (Å²) in [5, 5.41) is 4.29. The van der Waals surface area contributed by atoms with Gasteiger partial charge in [-0.1, -0.05) is 0 Å². The number of aromatic nitrogens is 3. The third-order valence-electron chi connectivity index (χ3n) is 4.67. The van der Waals surface area contributed by atoms with E-state index < -0.39 is 5.91 Å². The highest BCUT2D eigenvalue weighted by Crippen LogP contribution is 2.36. The summed E-state index contributed by atoms with van der Waals surface area (Å²) in [5.41, 5.74) is 0.929. The highest BCUT2D eigenvalue weighted by Gasteiger charge is 2.23. The molecule has 1 aromatic heterocycles. The zero-order chi connectivity index (χ0) is 22.5. The molecule has 0 radical (unpaired) electrons. The first kappa shape index (κ1) is 21.4. The molecule has 0 aliphatic carbocycles. The molecule has 2 heterocycles. The number of hydrogen-bond acceptors (Lipinski definition) is 9. The smallest absolute Gasteiger partial charge is 0.336 e. The van der Waals surface area contributed by atoms with Crippen LogP contribution in [0, 0.1) is 0 Å². The molecule has 1 aliphatic heterocycles. The highest BCUT2D eigenvalue weighted by molar-refractivity contribution is 5.98. The fraction of sp³-hybridized carbons (Fsp3) is 0.318. The van der Waals surface area contributed by atoms with Crippen molar-refractivity contribution < 1.29 is 33.2 Å². The second kappa shape index (κ2) is 9.56. The normalized spacial score (nSPS) is 12.0.